The molecule has 3 rings (SSSR count). The van der Waals surface area contributed by atoms with Crippen LogP contribution in [-0.2, 0) is 6.54 Å². The Hall–Kier alpha value is -2.13. The summed E-state index contributed by atoms with van der Waals surface area (Å²) >= 11 is 0. The van der Waals surface area contributed by atoms with Crippen molar-refractivity contribution < 1.29 is 8.81 Å². The number of nitrogens with one attached hydrogen (secondary N) is 1. The molecule has 0 amide bonds. The van der Waals surface area contributed by atoms with Gasteiger partial charge in [-0.2, -0.15) is 0 Å². The van der Waals surface area contributed by atoms with Crippen molar-refractivity contribution in [3.8, 4) is 11.3 Å². The lowest BCUT2D eigenvalue weighted by atomic mass is 10.1. The van der Waals surface area contributed by atoms with Gasteiger partial charge in [-0.05, 0) is 42.8 Å². The molecule has 1 aromatic heterocycles. The second kappa shape index (κ2) is 6.10. The van der Waals surface area contributed by atoms with Gasteiger partial charge in [0, 0.05) is 17.5 Å². The maximum atomic E-state index is 13.2. The van der Waals surface area contributed by atoms with Gasteiger partial charge >= 0.3 is 0 Å². The van der Waals surface area contributed by atoms with Crippen LogP contribution in [0.4, 0.5) is 4.39 Å². The molecular formula is C18H18FNO. The van der Waals surface area contributed by atoms with Gasteiger partial charge in [0.1, 0.15) is 17.2 Å². The van der Waals surface area contributed by atoms with E-state index in [1.807, 2.05) is 18.2 Å². The average molecular weight is 283 g/mol. The third-order valence-electron chi connectivity index (χ3n) is 3.47. The summed E-state index contributed by atoms with van der Waals surface area (Å²) in [7, 11) is 0. The molecule has 0 unspecified atom stereocenters. The number of halogens is 1. The van der Waals surface area contributed by atoms with E-state index in [2.05, 4.69) is 24.4 Å². The van der Waals surface area contributed by atoms with E-state index in [0.29, 0.717) is 5.58 Å². The van der Waals surface area contributed by atoms with Crippen LogP contribution in [-0.4, -0.2) is 6.54 Å². The molecule has 0 fully saturated rings. The summed E-state index contributed by atoms with van der Waals surface area (Å²) in [5.41, 5.74) is 2.96. The highest BCUT2D eigenvalue weighted by Gasteiger charge is 2.07. The second-order valence-corrected chi connectivity index (χ2v) is 5.17. The zero-order valence-electron chi connectivity index (χ0n) is 12.0. The van der Waals surface area contributed by atoms with E-state index in [4.69, 9.17) is 4.42 Å². The number of furan rings is 1. The quantitative estimate of drug-likeness (QED) is 0.684. The highest BCUT2D eigenvalue weighted by molar-refractivity contribution is 5.82. The number of hydrogen-bond acceptors (Lipinski definition) is 2. The fourth-order valence-electron chi connectivity index (χ4n) is 2.35. The van der Waals surface area contributed by atoms with Crippen LogP contribution < -0.4 is 5.32 Å². The topological polar surface area (TPSA) is 25.2 Å². The monoisotopic (exact) mass is 283 g/mol. The zero-order chi connectivity index (χ0) is 14.7. The average Bonchev–Trinajstić information content (AvgIpc) is 2.91. The predicted molar refractivity (Wildman–Crippen MR) is 83.6 cm³/mol. The lowest BCUT2D eigenvalue weighted by molar-refractivity contribution is 0.619. The first kappa shape index (κ1) is 13.8. The van der Waals surface area contributed by atoms with Crippen molar-refractivity contribution >= 4 is 11.0 Å². The minimum atomic E-state index is -0.243. The molecule has 3 heteroatoms. The van der Waals surface area contributed by atoms with Gasteiger partial charge in [0.2, 0.25) is 0 Å². The Bertz CT molecular complexity index is 731. The summed E-state index contributed by atoms with van der Waals surface area (Å²) in [6, 6.07) is 14.7. The molecule has 0 bridgehead atoms. The minimum Gasteiger partial charge on any atom is -0.456 e. The molecule has 0 atom stereocenters. The van der Waals surface area contributed by atoms with Gasteiger partial charge in [0.05, 0.1) is 0 Å². The third-order valence-corrected chi connectivity index (χ3v) is 3.47. The van der Waals surface area contributed by atoms with Gasteiger partial charge in [-0.3, -0.25) is 0 Å². The van der Waals surface area contributed by atoms with Crippen LogP contribution in [0.3, 0.4) is 0 Å². The molecule has 3 aromatic rings. The third kappa shape index (κ3) is 3.14. The van der Waals surface area contributed by atoms with Gasteiger partial charge in [0.25, 0.3) is 0 Å². The fourth-order valence-corrected chi connectivity index (χ4v) is 2.35. The van der Waals surface area contributed by atoms with E-state index in [1.165, 1.54) is 17.7 Å². The summed E-state index contributed by atoms with van der Waals surface area (Å²) in [5.74, 6) is 0.524. The van der Waals surface area contributed by atoms with Crippen LogP contribution in [0, 0.1) is 5.82 Å². The van der Waals surface area contributed by atoms with Crippen molar-refractivity contribution in [1.82, 2.24) is 5.32 Å². The Morgan fingerprint density at radius 2 is 1.86 bits per heavy atom. The Balaban J connectivity index is 1.81. The van der Waals surface area contributed by atoms with Gasteiger partial charge in [-0.25, -0.2) is 4.39 Å². The number of fused-ring (bicyclic) bond motifs is 1. The van der Waals surface area contributed by atoms with E-state index in [0.717, 1.165) is 36.2 Å². The van der Waals surface area contributed by atoms with Gasteiger partial charge < -0.3 is 9.73 Å². The minimum absolute atomic E-state index is 0.243. The fraction of sp³-hybridized carbons (Fsp3) is 0.222. The van der Waals surface area contributed by atoms with Crippen molar-refractivity contribution in [2.45, 2.75) is 19.9 Å². The van der Waals surface area contributed by atoms with E-state index in [1.54, 1.807) is 6.07 Å². The van der Waals surface area contributed by atoms with E-state index in [9.17, 15) is 4.39 Å². The largest absolute Gasteiger partial charge is 0.456 e. The highest BCUT2D eigenvalue weighted by Crippen LogP contribution is 2.28. The first-order valence-electron chi connectivity index (χ1n) is 7.25. The normalized spacial score (nSPS) is 11.1. The van der Waals surface area contributed by atoms with Crippen molar-refractivity contribution in [3.05, 3.63) is 59.9 Å². The summed E-state index contributed by atoms with van der Waals surface area (Å²) in [4.78, 5) is 0. The zero-order valence-corrected chi connectivity index (χ0v) is 12.0. The molecule has 0 saturated heterocycles. The van der Waals surface area contributed by atoms with E-state index < -0.39 is 0 Å². The first-order chi connectivity index (χ1) is 10.3. The maximum Gasteiger partial charge on any atom is 0.135 e. The first-order valence-corrected chi connectivity index (χ1v) is 7.25. The molecule has 1 N–H and O–H groups in total. The molecule has 2 nitrogen and oxygen atoms in total. The van der Waals surface area contributed by atoms with Crippen LogP contribution >= 0.6 is 0 Å². The molecular weight excluding hydrogens is 265 g/mol. The molecule has 2 aromatic carbocycles. The van der Waals surface area contributed by atoms with Gasteiger partial charge in [-0.15, -0.1) is 0 Å². The molecule has 0 saturated carbocycles. The molecule has 21 heavy (non-hydrogen) atoms. The molecule has 1 heterocycles. The van der Waals surface area contributed by atoms with Crippen molar-refractivity contribution in [3.63, 3.8) is 0 Å². The molecule has 0 spiro atoms. The van der Waals surface area contributed by atoms with E-state index >= 15 is 0 Å². The van der Waals surface area contributed by atoms with Crippen LogP contribution in [0.25, 0.3) is 22.3 Å². The van der Waals surface area contributed by atoms with Gasteiger partial charge in [-0.1, -0.05) is 31.2 Å². The Morgan fingerprint density at radius 3 is 2.62 bits per heavy atom. The number of rotatable bonds is 5. The number of benzene rings is 2. The molecule has 108 valence electrons. The Labute approximate surface area is 123 Å². The SMILES string of the molecule is CCCNCc1ccc(-c2cc3cc(F)ccc3o2)cc1. The van der Waals surface area contributed by atoms with Crippen molar-refractivity contribution in [2.24, 2.45) is 0 Å². The maximum absolute atomic E-state index is 13.2. The second-order valence-electron chi connectivity index (χ2n) is 5.17. The smallest absolute Gasteiger partial charge is 0.135 e. The van der Waals surface area contributed by atoms with E-state index in [-0.39, 0.29) is 5.82 Å². The summed E-state index contributed by atoms with van der Waals surface area (Å²) in [6.07, 6.45) is 1.13. The Kier molecular flexibility index (Phi) is 4.02. The lowest BCUT2D eigenvalue weighted by Gasteiger charge is -2.04. The van der Waals surface area contributed by atoms with Crippen LogP contribution in [0.15, 0.2) is 52.9 Å². The standard InChI is InChI=1S/C18H18FNO/c1-2-9-20-12-13-3-5-14(6-4-13)18-11-15-10-16(19)7-8-17(15)21-18/h3-8,10-11,20H,2,9,12H2,1H3. The van der Waals surface area contributed by atoms with Crippen LogP contribution in [0.2, 0.25) is 0 Å². The van der Waals surface area contributed by atoms with Crippen molar-refractivity contribution in [2.75, 3.05) is 6.54 Å². The van der Waals surface area contributed by atoms with Gasteiger partial charge in [0.15, 0.2) is 0 Å². The molecule has 0 radical (unpaired) electrons. The lowest BCUT2D eigenvalue weighted by Crippen LogP contribution is -2.13. The van der Waals surface area contributed by atoms with Crippen LogP contribution in [0.1, 0.15) is 18.9 Å². The van der Waals surface area contributed by atoms with Crippen molar-refractivity contribution in [1.29, 1.82) is 0 Å². The summed E-state index contributed by atoms with van der Waals surface area (Å²) < 4.78 is 19.0. The van der Waals surface area contributed by atoms with Crippen LogP contribution in [0.5, 0.6) is 0 Å². The predicted octanol–water partition coefficient (Wildman–Crippen LogP) is 4.74. The summed E-state index contributed by atoms with van der Waals surface area (Å²) in [5, 5.41) is 4.16. The Morgan fingerprint density at radius 1 is 1.05 bits per heavy atom. The number of hydrogen-bond donors (Lipinski definition) is 1. The molecule has 0 aliphatic rings. The highest BCUT2D eigenvalue weighted by atomic mass is 19.1. The molecule has 0 aliphatic heterocycles. The summed E-state index contributed by atoms with van der Waals surface area (Å²) in [6.45, 7) is 4.05. The molecule has 0 aliphatic carbocycles.